The maximum atomic E-state index is 11.6. The number of unbranched alkanes of at least 4 members (excludes halogenated alkanes) is 4. The van der Waals surface area contributed by atoms with Crippen LogP contribution in [-0.2, 0) is 44.1 Å². The summed E-state index contributed by atoms with van der Waals surface area (Å²) < 4.78 is 40.5. The molecule has 0 fully saturated rings. The summed E-state index contributed by atoms with van der Waals surface area (Å²) in [6.45, 7) is 1.28. The van der Waals surface area contributed by atoms with Crippen molar-refractivity contribution in [1.82, 2.24) is 0 Å². The van der Waals surface area contributed by atoms with E-state index in [0.29, 0.717) is 37.2 Å². The maximum absolute atomic E-state index is 11.6. The van der Waals surface area contributed by atoms with E-state index in [4.69, 9.17) is 31.3 Å². The van der Waals surface area contributed by atoms with Crippen molar-refractivity contribution in [3.8, 4) is 0 Å². The topological polar surface area (TPSA) is 151 Å². The Bertz CT molecular complexity index is 1110. The Morgan fingerprint density at radius 2 is 0.894 bits per heavy atom. The third kappa shape index (κ3) is 11.8. The maximum Gasteiger partial charge on any atom is 0.503 e. The minimum Gasteiger partial charge on any atom is -0.381 e. The molecule has 0 bridgehead atoms. The van der Waals surface area contributed by atoms with Crippen LogP contribution in [0.15, 0.2) is 48.5 Å². The van der Waals surface area contributed by atoms with Gasteiger partial charge in [-0.05, 0) is 38.5 Å². The summed E-state index contributed by atoms with van der Waals surface area (Å²) >= 11 is 0. The number of nitro benzene ring substituents is 2. The summed E-state index contributed by atoms with van der Waals surface area (Å²) in [6.07, 6.45) is 7.76. The third-order valence-electron chi connectivity index (χ3n) is 8.70. The molecule has 2 unspecified atom stereocenters. The Morgan fingerprint density at radius 3 is 1.21 bits per heavy atom. The van der Waals surface area contributed by atoms with Crippen LogP contribution in [-0.4, -0.2) is 83.3 Å². The van der Waals surface area contributed by atoms with Crippen molar-refractivity contribution < 1.29 is 41.1 Å². The summed E-state index contributed by atoms with van der Waals surface area (Å²) in [5, 5.41) is 23.2. The van der Waals surface area contributed by atoms with Gasteiger partial charge in [-0.1, -0.05) is 62.1 Å². The van der Waals surface area contributed by atoms with E-state index in [-0.39, 0.29) is 32.3 Å². The molecule has 47 heavy (non-hydrogen) atoms. The van der Waals surface area contributed by atoms with Crippen LogP contribution in [0.25, 0.3) is 0 Å². The van der Waals surface area contributed by atoms with Crippen molar-refractivity contribution in [3.63, 3.8) is 0 Å². The van der Waals surface area contributed by atoms with Gasteiger partial charge in [-0.25, -0.2) is 0 Å². The molecule has 0 aliphatic heterocycles. The second kappa shape index (κ2) is 21.4. The molecule has 0 saturated carbocycles. The molecule has 2 aromatic carbocycles. The zero-order chi connectivity index (χ0) is 34.7. The molecule has 2 atom stereocenters. The van der Waals surface area contributed by atoms with Crippen LogP contribution in [0.4, 0.5) is 11.4 Å². The van der Waals surface area contributed by atoms with Gasteiger partial charge >= 0.3 is 17.6 Å². The highest BCUT2D eigenvalue weighted by molar-refractivity contribution is 6.62. The highest BCUT2D eigenvalue weighted by Crippen LogP contribution is 2.37. The molecule has 0 aliphatic rings. The molecule has 0 spiro atoms. The number of nitrogens with zero attached hydrogens (tertiary/aromatic N) is 2. The van der Waals surface area contributed by atoms with Crippen molar-refractivity contribution in [2.24, 2.45) is 0 Å². The van der Waals surface area contributed by atoms with Gasteiger partial charge in [-0.2, -0.15) is 0 Å². The molecule has 0 saturated heterocycles. The van der Waals surface area contributed by atoms with Gasteiger partial charge in [-0.3, -0.25) is 20.2 Å². The Kier molecular flexibility index (Phi) is 18.5. The lowest BCUT2D eigenvalue weighted by atomic mass is 10.0. The first-order chi connectivity index (χ1) is 22.7. The molecule has 264 valence electrons. The van der Waals surface area contributed by atoms with Gasteiger partial charge in [0.2, 0.25) is 0 Å². The minimum atomic E-state index is -3.04. The van der Waals surface area contributed by atoms with Gasteiger partial charge in [0.15, 0.2) is 0 Å². The van der Waals surface area contributed by atoms with E-state index in [9.17, 15) is 20.2 Å². The van der Waals surface area contributed by atoms with Gasteiger partial charge in [0.05, 0.1) is 9.85 Å². The fourth-order valence-electron chi connectivity index (χ4n) is 6.21. The van der Waals surface area contributed by atoms with Crippen molar-refractivity contribution in [2.75, 3.05) is 55.9 Å². The van der Waals surface area contributed by atoms with Gasteiger partial charge in [0, 0.05) is 90.2 Å². The predicted molar refractivity (Wildman–Crippen MR) is 182 cm³/mol. The molecule has 0 N–H and O–H groups in total. The second-order valence-corrected chi connectivity index (χ2v) is 17.8. The van der Waals surface area contributed by atoms with Crippen LogP contribution in [0.2, 0.25) is 11.1 Å². The van der Waals surface area contributed by atoms with E-state index < -0.39 is 17.6 Å². The quantitative estimate of drug-likeness (QED) is 0.0436. The van der Waals surface area contributed by atoms with Crippen LogP contribution in [0.5, 0.6) is 0 Å². The van der Waals surface area contributed by atoms with Gasteiger partial charge in [0.1, 0.15) is 0 Å². The summed E-state index contributed by atoms with van der Waals surface area (Å²) in [6, 6.07) is 13.5. The van der Waals surface area contributed by atoms with Crippen molar-refractivity contribution in [3.05, 3.63) is 79.9 Å². The van der Waals surface area contributed by atoms with E-state index in [0.717, 1.165) is 51.4 Å². The predicted octanol–water partition coefficient (Wildman–Crippen LogP) is 6.92. The Hall–Kier alpha value is -2.61. The first kappa shape index (κ1) is 40.6. The Balaban J connectivity index is 1.81. The highest BCUT2D eigenvalue weighted by Gasteiger charge is 2.48. The number of nitro groups is 2. The summed E-state index contributed by atoms with van der Waals surface area (Å²) in [5.74, 6) is 0. The molecule has 0 amide bonds. The lowest BCUT2D eigenvalue weighted by Gasteiger charge is -2.32. The normalized spacial score (nSPS) is 13.4. The van der Waals surface area contributed by atoms with E-state index in [1.165, 1.54) is 12.1 Å². The van der Waals surface area contributed by atoms with Gasteiger partial charge in [0.25, 0.3) is 11.4 Å². The molecule has 0 radical (unpaired) electrons. The van der Waals surface area contributed by atoms with Crippen LogP contribution < -0.4 is 0 Å². The first-order valence-corrected chi connectivity index (χ1v) is 19.6. The number of hydrogen-bond acceptors (Lipinski definition) is 11. The average Bonchev–Trinajstić information content (AvgIpc) is 3.09. The number of hydrogen-bond donors (Lipinski definition) is 0. The van der Waals surface area contributed by atoms with Crippen LogP contribution >= 0.6 is 0 Å². The number of rotatable bonds is 26. The van der Waals surface area contributed by atoms with E-state index in [1.807, 2.05) is 0 Å². The van der Waals surface area contributed by atoms with Gasteiger partial charge < -0.3 is 31.3 Å². The second-order valence-electron chi connectivity index (χ2n) is 11.3. The molecular formula is C32H52N2O11Si2. The fourth-order valence-corrected chi connectivity index (χ4v) is 11.3. The molecular weight excluding hydrogens is 645 g/mol. The summed E-state index contributed by atoms with van der Waals surface area (Å²) in [7, 11) is 3.33. The minimum absolute atomic E-state index is 0.0882. The third-order valence-corrected chi connectivity index (χ3v) is 15.1. The average molecular weight is 697 g/mol. The zero-order valence-electron chi connectivity index (χ0n) is 28.6. The number of benzene rings is 2. The molecule has 2 rings (SSSR count). The van der Waals surface area contributed by atoms with Crippen molar-refractivity contribution in [2.45, 2.75) is 75.3 Å². The van der Waals surface area contributed by atoms with E-state index in [2.05, 4.69) is 0 Å². The van der Waals surface area contributed by atoms with E-state index >= 15 is 0 Å². The standard InChI is InChI=1S/C32H52N2O11Si2/c1-39-46(40-2,41-3)29(25-27-17-11-13-21-31(27)33(35)36)19-9-7-15-23-45-24-16-8-10-20-30(47(42-4,43-5)44-6)26-28-18-12-14-22-32(28)34(37)38/h11-14,17-18,21-22,29-30H,7-10,15-16,19-20,23-26H2,1-6H3. The summed E-state index contributed by atoms with van der Waals surface area (Å²) in [4.78, 5) is 22.5. The molecule has 0 aromatic heterocycles. The lowest BCUT2D eigenvalue weighted by molar-refractivity contribution is -0.385. The largest absolute Gasteiger partial charge is 0.503 e. The number of ether oxygens (including phenoxy) is 1. The molecule has 2 aromatic rings. The van der Waals surface area contributed by atoms with Gasteiger partial charge in [-0.15, -0.1) is 0 Å². The Morgan fingerprint density at radius 1 is 0.553 bits per heavy atom. The van der Waals surface area contributed by atoms with Crippen LogP contribution in [0.1, 0.15) is 62.5 Å². The molecule has 13 nitrogen and oxygen atoms in total. The molecule has 15 heteroatoms. The van der Waals surface area contributed by atoms with Crippen molar-refractivity contribution in [1.29, 1.82) is 0 Å². The fraction of sp³-hybridized carbons (Fsp3) is 0.625. The monoisotopic (exact) mass is 696 g/mol. The van der Waals surface area contributed by atoms with Crippen LogP contribution in [0, 0.1) is 20.2 Å². The molecule has 0 heterocycles. The van der Waals surface area contributed by atoms with Crippen molar-refractivity contribution >= 4 is 29.0 Å². The molecule has 0 aliphatic carbocycles. The van der Waals surface area contributed by atoms with Crippen LogP contribution in [0.3, 0.4) is 0 Å². The number of para-hydroxylation sites is 2. The Labute approximate surface area is 280 Å². The first-order valence-electron chi connectivity index (χ1n) is 16.0. The summed E-state index contributed by atoms with van der Waals surface area (Å²) in [5.41, 5.74) is 1.20. The SMILES string of the molecule is CO[Si](OC)(OC)C(CCCCCOCCCCCC(Cc1ccccc1[N+](=O)[O-])[Si](OC)(OC)OC)Cc1ccccc1[N+](=O)[O-]. The lowest BCUT2D eigenvalue weighted by Crippen LogP contribution is -2.48. The highest BCUT2D eigenvalue weighted by atomic mass is 28.4. The smallest absolute Gasteiger partial charge is 0.381 e. The zero-order valence-corrected chi connectivity index (χ0v) is 30.6. The van der Waals surface area contributed by atoms with E-state index in [1.54, 1.807) is 79.1 Å².